The van der Waals surface area contributed by atoms with Gasteiger partial charge < -0.3 is 24.6 Å². The van der Waals surface area contributed by atoms with Crippen LogP contribution in [0.5, 0.6) is 0 Å². The maximum Gasteiger partial charge on any atom is 0.472 e. The minimum atomic E-state index is -4.66. The van der Waals surface area contributed by atoms with E-state index in [1.807, 2.05) is 12.2 Å². The highest BCUT2D eigenvalue weighted by molar-refractivity contribution is 7.47. The van der Waals surface area contributed by atoms with E-state index >= 15 is 0 Å². The molecule has 0 heterocycles. The lowest BCUT2D eigenvalue weighted by molar-refractivity contribution is -0.153. The smallest absolute Gasteiger partial charge is 0.457 e. The van der Waals surface area contributed by atoms with Crippen molar-refractivity contribution in [3.8, 4) is 0 Å². The van der Waals surface area contributed by atoms with Gasteiger partial charge in [-0.3, -0.25) is 18.6 Å². The molecular weight excluding hydrogens is 780 g/mol. The average molecular weight is 865 g/mol. The molecule has 0 aromatic rings. The highest BCUT2D eigenvalue weighted by Gasteiger charge is 2.27. The van der Waals surface area contributed by atoms with Crippen LogP contribution in [0.4, 0.5) is 0 Å². The number of hydrogen-bond acceptors (Lipinski definition) is 9. The first-order valence-corrected chi connectivity index (χ1v) is 24.9. The molecular formula is C49H85O10P. The number of rotatable bonds is 43. The fourth-order valence-electron chi connectivity index (χ4n) is 6.14. The highest BCUT2D eigenvalue weighted by Crippen LogP contribution is 2.43. The number of carbonyl (C=O) groups excluding carboxylic acids is 2. The fraction of sp³-hybridized carbons (Fsp3) is 0.714. The summed E-state index contributed by atoms with van der Waals surface area (Å²) < 4.78 is 32.6. The molecule has 0 bridgehead atoms. The normalized spacial score (nSPS) is 14.4. The molecule has 346 valence electrons. The molecule has 0 saturated carbocycles. The maximum absolute atomic E-state index is 12.4. The molecule has 3 unspecified atom stereocenters. The monoisotopic (exact) mass is 865 g/mol. The Bertz CT molecular complexity index is 1220. The summed E-state index contributed by atoms with van der Waals surface area (Å²) in [5.41, 5.74) is 0. The van der Waals surface area contributed by atoms with Crippen LogP contribution in [0.1, 0.15) is 187 Å². The molecule has 3 atom stereocenters. The molecule has 11 heteroatoms. The zero-order chi connectivity index (χ0) is 44.0. The van der Waals surface area contributed by atoms with Gasteiger partial charge in [0.1, 0.15) is 12.2 Å². The second-order valence-electron chi connectivity index (χ2n) is 15.4. The van der Waals surface area contributed by atoms with Crippen molar-refractivity contribution in [2.75, 3.05) is 26.4 Å². The van der Waals surface area contributed by atoms with Gasteiger partial charge in [0, 0.05) is 12.8 Å². The molecule has 0 spiro atoms. The SMILES string of the molecule is CC/C=C\C/C=C\C/C=C\C/C=C\C/C=C\C/C=C\CCC(=O)OC(CO)COP(=O)(O)OCC(CO)OC(=O)CCCCCCCCCCCCCCCCCCCC. The molecule has 0 saturated heterocycles. The van der Waals surface area contributed by atoms with Gasteiger partial charge in [-0.15, -0.1) is 0 Å². The van der Waals surface area contributed by atoms with E-state index in [1.54, 1.807) is 0 Å². The van der Waals surface area contributed by atoms with Crippen molar-refractivity contribution in [2.45, 2.75) is 199 Å². The van der Waals surface area contributed by atoms with Crippen LogP contribution >= 0.6 is 7.82 Å². The Morgan fingerprint density at radius 1 is 0.467 bits per heavy atom. The van der Waals surface area contributed by atoms with Crippen molar-refractivity contribution in [1.82, 2.24) is 0 Å². The Morgan fingerprint density at radius 3 is 1.13 bits per heavy atom. The summed E-state index contributed by atoms with van der Waals surface area (Å²) in [5, 5.41) is 19.2. The lowest BCUT2D eigenvalue weighted by Crippen LogP contribution is -2.28. The number of esters is 2. The molecule has 3 N–H and O–H groups in total. The Balaban J connectivity index is 3.98. The largest absolute Gasteiger partial charge is 0.472 e. The van der Waals surface area contributed by atoms with E-state index in [4.69, 9.17) is 18.5 Å². The summed E-state index contributed by atoms with van der Waals surface area (Å²) in [7, 11) is -4.66. The van der Waals surface area contributed by atoms with Crippen LogP contribution in [0.25, 0.3) is 0 Å². The summed E-state index contributed by atoms with van der Waals surface area (Å²) >= 11 is 0. The Kier molecular flexibility index (Phi) is 42.5. The summed E-state index contributed by atoms with van der Waals surface area (Å²) in [6, 6.07) is 0. The number of aliphatic hydroxyl groups excluding tert-OH is 2. The average Bonchev–Trinajstić information content (AvgIpc) is 3.24. The number of ether oxygens (including phenoxy) is 2. The molecule has 0 aromatic carbocycles. The van der Waals surface area contributed by atoms with Crippen molar-refractivity contribution in [1.29, 1.82) is 0 Å². The molecule has 0 aliphatic rings. The molecule has 0 aliphatic heterocycles. The van der Waals surface area contributed by atoms with Crippen molar-refractivity contribution in [3.05, 3.63) is 72.9 Å². The maximum atomic E-state index is 12.4. The minimum Gasteiger partial charge on any atom is -0.457 e. The van der Waals surface area contributed by atoms with Crippen LogP contribution in [-0.2, 0) is 32.7 Å². The van der Waals surface area contributed by atoms with Gasteiger partial charge in [-0.1, -0.05) is 196 Å². The fourth-order valence-corrected chi connectivity index (χ4v) is 6.93. The second kappa shape index (κ2) is 44.5. The first-order valence-electron chi connectivity index (χ1n) is 23.4. The molecule has 0 radical (unpaired) electrons. The third-order valence-corrected chi connectivity index (χ3v) is 10.6. The van der Waals surface area contributed by atoms with E-state index in [0.29, 0.717) is 12.8 Å². The summed E-state index contributed by atoms with van der Waals surface area (Å²) in [6.45, 7) is 2.02. The number of phosphoric acid groups is 1. The summed E-state index contributed by atoms with van der Waals surface area (Å²) in [5.74, 6) is -1.10. The molecule has 0 rings (SSSR count). The first kappa shape index (κ1) is 57.4. The predicted octanol–water partition coefficient (Wildman–Crippen LogP) is 12.8. The Labute approximate surface area is 365 Å². The first-order chi connectivity index (χ1) is 29.3. The van der Waals surface area contributed by atoms with Crippen molar-refractivity contribution in [3.63, 3.8) is 0 Å². The predicted molar refractivity (Wildman–Crippen MR) is 247 cm³/mol. The van der Waals surface area contributed by atoms with E-state index in [1.165, 1.54) is 89.9 Å². The molecule has 0 fully saturated rings. The molecule has 0 amide bonds. The lowest BCUT2D eigenvalue weighted by Gasteiger charge is -2.20. The number of unbranched alkanes of at least 4 members (excludes halogenated alkanes) is 17. The Morgan fingerprint density at radius 2 is 0.783 bits per heavy atom. The highest BCUT2D eigenvalue weighted by atomic mass is 31.2. The van der Waals surface area contributed by atoms with E-state index < -0.39 is 58.4 Å². The zero-order valence-electron chi connectivity index (χ0n) is 37.6. The number of allylic oxidation sites excluding steroid dienone is 12. The lowest BCUT2D eigenvalue weighted by atomic mass is 10.0. The summed E-state index contributed by atoms with van der Waals surface area (Å²) in [4.78, 5) is 34.6. The van der Waals surface area contributed by atoms with Crippen molar-refractivity contribution < 1.29 is 47.8 Å². The molecule has 0 aromatic heterocycles. The molecule has 10 nitrogen and oxygen atoms in total. The van der Waals surface area contributed by atoms with Crippen LogP contribution < -0.4 is 0 Å². The standard InChI is InChI=1S/C49H85O10P/c1-3-5-7-9-11-13-15-17-19-21-23-25-27-29-31-33-35-37-39-41-49(53)59-47(43-51)45-57-60(54,55)56-44-46(42-50)58-48(52)40-38-36-34-32-30-28-26-24-22-20-18-16-14-12-10-8-6-4-2/h5,7,11,13,17,19,23,25,29,31,35,37,46-47,50-51H,3-4,6,8-10,12,14-16,18,20-22,24,26-28,30,32-34,36,38-45H2,1-2H3,(H,54,55)/b7-5-,13-11-,19-17-,25-23-,31-29-,37-35-. The van der Waals surface area contributed by atoms with Crippen LogP contribution in [0.3, 0.4) is 0 Å². The van der Waals surface area contributed by atoms with E-state index in [0.717, 1.165) is 57.8 Å². The second-order valence-corrected chi connectivity index (χ2v) is 16.8. The number of hydrogen-bond donors (Lipinski definition) is 3. The van der Waals surface area contributed by atoms with E-state index in [-0.39, 0.29) is 12.8 Å². The third kappa shape index (κ3) is 42.1. The quantitative estimate of drug-likeness (QED) is 0.0234. The molecule has 0 aliphatic carbocycles. The van der Waals surface area contributed by atoms with E-state index in [9.17, 15) is 29.3 Å². The number of aliphatic hydroxyl groups is 2. The number of phosphoric ester groups is 1. The van der Waals surface area contributed by atoms with Crippen molar-refractivity contribution >= 4 is 19.8 Å². The van der Waals surface area contributed by atoms with Gasteiger partial charge in [0.05, 0.1) is 26.4 Å². The topological polar surface area (TPSA) is 149 Å². The van der Waals surface area contributed by atoms with Gasteiger partial charge in [0.2, 0.25) is 0 Å². The van der Waals surface area contributed by atoms with Crippen LogP contribution in [0.15, 0.2) is 72.9 Å². The van der Waals surface area contributed by atoms with Gasteiger partial charge in [0.25, 0.3) is 0 Å². The van der Waals surface area contributed by atoms with Gasteiger partial charge in [-0.2, -0.15) is 0 Å². The van der Waals surface area contributed by atoms with Gasteiger partial charge in [0.15, 0.2) is 0 Å². The van der Waals surface area contributed by atoms with Gasteiger partial charge in [-0.25, -0.2) is 4.57 Å². The Hall–Kier alpha value is -2.59. The van der Waals surface area contributed by atoms with Crippen LogP contribution in [-0.4, -0.2) is 65.7 Å². The van der Waals surface area contributed by atoms with Gasteiger partial charge >= 0.3 is 19.8 Å². The van der Waals surface area contributed by atoms with E-state index in [2.05, 4.69) is 74.6 Å². The zero-order valence-corrected chi connectivity index (χ0v) is 38.5. The minimum absolute atomic E-state index is 0.0645. The van der Waals surface area contributed by atoms with Crippen molar-refractivity contribution in [2.24, 2.45) is 0 Å². The van der Waals surface area contributed by atoms with Crippen LogP contribution in [0.2, 0.25) is 0 Å². The third-order valence-electron chi connectivity index (χ3n) is 9.70. The number of carbonyl (C=O) groups is 2. The molecule has 60 heavy (non-hydrogen) atoms. The van der Waals surface area contributed by atoms with Crippen LogP contribution in [0, 0.1) is 0 Å². The van der Waals surface area contributed by atoms with Gasteiger partial charge in [-0.05, 0) is 51.4 Å². The summed E-state index contributed by atoms with van der Waals surface area (Å²) in [6.07, 6.45) is 51.7.